The molecule has 7 nitrogen and oxygen atoms in total. The molecule has 0 unspecified atom stereocenters. The normalized spacial score (nSPS) is 35.8. The van der Waals surface area contributed by atoms with E-state index in [0.717, 1.165) is 11.1 Å². The average molecular weight is 427 g/mol. The van der Waals surface area contributed by atoms with Gasteiger partial charge in [-0.2, -0.15) is 0 Å². The van der Waals surface area contributed by atoms with Crippen molar-refractivity contribution < 1.29 is 29.6 Å². The van der Waals surface area contributed by atoms with Crippen molar-refractivity contribution in [2.75, 3.05) is 6.54 Å². The van der Waals surface area contributed by atoms with Gasteiger partial charge >= 0.3 is 11.9 Å². The van der Waals surface area contributed by atoms with Crippen LogP contribution < -0.4 is 5.32 Å². The second kappa shape index (κ2) is 8.57. The lowest BCUT2D eigenvalue weighted by Crippen LogP contribution is -2.45. The zero-order valence-electron chi connectivity index (χ0n) is 17.3. The summed E-state index contributed by atoms with van der Waals surface area (Å²) in [5.41, 5.74) is 2.32. The highest BCUT2D eigenvalue weighted by molar-refractivity contribution is 5.77. The summed E-state index contributed by atoms with van der Waals surface area (Å²) in [5, 5.41) is 33.9. The van der Waals surface area contributed by atoms with Crippen molar-refractivity contribution in [2.24, 2.45) is 23.7 Å². The molecule has 1 aliphatic heterocycles. The highest BCUT2D eigenvalue weighted by atomic mass is 16.6. The van der Waals surface area contributed by atoms with Crippen molar-refractivity contribution in [3.8, 4) is 0 Å². The summed E-state index contributed by atoms with van der Waals surface area (Å²) in [6.07, 6.45) is -1.04. The lowest BCUT2D eigenvalue weighted by atomic mass is 9.78. The number of carboxylic acid groups (broad SMARTS) is 1. The van der Waals surface area contributed by atoms with Gasteiger partial charge in [0.05, 0.1) is 18.1 Å². The molecule has 0 amide bonds. The molecule has 1 aromatic rings. The van der Waals surface area contributed by atoms with Gasteiger partial charge in [-0.15, -0.1) is 0 Å². The van der Waals surface area contributed by atoms with Crippen LogP contribution in [0.1, 0.15) is 18.4 Å². The maximum Gasteiger partial charge on any atom is 0.321 e. The number of aliphatic carboxylic acids is 1. The third-order valence-corrected chi connectivity index (χ3v) is 7.12. The minimum absolute atomic E-state index is 0.0831. The Hall–Kier alpha value is -2.48. The van der Waals surface area contributed by atoms with Crippen molar-refractivity contribution in [3.63, 3.8) is 0 Å². The molecule has 1 saturated heterocycles. The number of carbonyl (C=O) groups excluding carboxylic acids is 1. The van der Waals surface area contributed by atoms with Gasteiger partial charge in [-0.25, -0.2) is 0 Å². The Morgan fingerprint density at radius 3 is 2.61 bits per heavy atom. The fraction of sp³-hybridized carbons (Fsp3) is 0.500. The highest BCUT2D eigenvalue weighted by Gasteiger charge is 2.57. The first-order valence-corrected chi connectivity index (χ1v) is 10.7. The third kappa shape index (κ3) is 4.05. The van der Waals surface area contributed by atoms with E-state index in [0.29, 0.717) is 18.4 Å². The van der Waals surface area contributed by atoms with Crippen LogP contribution in [-0.4, -0.2) is 58.2 Å². The Kier molecular flexibility index (Phi) is 6.01. The molecule has 1 aromatic carbocycles. The molecule has 0 aromatic heterocycles. The number of nitrogens with one attached hydrogen (secondary N) is 1. The van der Waals surface area contributed by atoms with Crippen LogP contribution in [0, 0.1) is 23.7 Å². The molecule has 3 aliphatic rings. The summed E-state index contributed by atoms with van der Waals surface area (Å²) in [5.74, 6) is -3.02. The van der Waals surface area contributed by atoms with Crippen LogP contribution in [0.15, 0.2) is 54.6 Å². The van der Waals surface area contributed by atoms with Gasteiger partial charge in [0, 0.05) is 18.4 Å². The molecule has 0 bridgehead atoms. The van der Waals surface area contributed by atoms with E-state index in [1.807, 2.05) is 30.3 Å². The van der Waals surface area contributed by atoms with Crippen LogP contribution in [0.4, 0.5) is 0 Å². The fourth-order valence-corrected chi connectivity index (χ4v) is 5.51. The van der Waals surface area contributed by atoms with E-state index in [2.05, 4.69) is 18.5 Å². The van der Waals surface area contributed by atoms with E-state index in [9.17, 15) is 24.9 Å². The number of hydrogen-bond donors (Lipinski definition) is 4. The Labute approximate surface area is 181 Å². The maximum atomic E-state index is 12.8. The number of carboxylic acids is 1. The molecule has 8 atom stereocenters. The van der Waals surface area contributed by atoms with E-state index >= 15 is 0 Å². The van der Waals surface area contributed by atoms with Gasteiger partial charge < -0.3 is 25.4 Å². The lowest BCUT2D eigenvalue weighted by molar-refractivity contribution is -0.146. The number of aliphatic hydroxyl groups excluding tert-OH is 2. The average Bonchev–Trinajstić information content (AvgIpc) is 3.18. The molecular weight excluding hydrogens is 398 g/mol. The standard InChI is InChI=1S/C24H29NO6/c1-12-8-19(27)21-16(11-25-17(23(28)29)9-14-6-4-3-5-7-14)24(30)31-22(21)20-13(2)18(26)10-15(12)20/h3-7,15-22,25-27H,1-2,8-11H2,(H,28,29)/t15-,16-,17-,18-,19-,20-,21+,22+/m0/s1. The Balaban J connectivity index is 1.52. The molecule has 31 heavy (non-hydrogen) atoms. The fourth-order valence-electron chi connectivity index (χ4n) is 5.51. The lowest BCUT2D eigenvalue weighted by Gasteiger charge is -2.28. The number of benzene rings is 1. The van der Waals surface area contributed by atoms with E-state index in [-0.39, 0.29) is 24.8 Å². The van der Waals surface area contributed by atoms with Crippen LogP contribution in [0.25, 0.3) is 0 Å². The van der Waals surface area contributed by atoms with Gasteiger partial charge in [-0.3, -0.25) is 9.59 Å². The van der Waals surface area contributed by atoms with Gasteiger partial charge in [0.25, 0.3) is 0 Å². The Bertz CT molecular complexity index is 883. The monoisotopic (exact) mass is 427 g/mol. The predicted molar refractivity (Wildman–Crippen MR) is 113 cm³/mol. The van der Waals surface area contributed by atoms with Crippen molar-refractivity contribution in [1.82, 2.24) is 5.32 Å². The minimum Gasteiger partial charge on any atom is -0.480 e. The highest BCUT2D eigenvalue weighted by Crippen LogP contribution is 2.52. The molecule has 7 heteroatoms. The maximum absolute atomic E-state index is 12.8. The molecule has 0 radical (unpaired) electrons. The Morgan fingerprint density at radius 1 is 1.23 bits per heavy atom. The van der Waals surface area contributed by atoms with Gasteiger partial charge in [-0.1, -0.05) is 49.1 Å². The summed E-state index contributed by atoms with van der Waals surface area (Å²) in [6.45, 7) is 8.21. The number of hydrogen-bond acceptors (Lipinski definition) is 6. The van der Waals surface area contributed by atoms with Crippen molar-refractivity contribution in [1.29, 1.82) is 0 Å². The zero-order valence-corrected chi connectivity index (χ0v) is 17.3. The second-order valence-corrected chi connectivity index (χ2v) is 8.96. The third-order valence-electron chi connectivity index (χ3n) is 7.12. The second-order valence-electron chi connectivity index (χ2n) is 8.96. The van der Waals surface area contributed by atoms with E-state index < -0.39 is 48.1 Å². The van der Waals surface area contributed by atoms with Crippen LogP contribution >= 0.6 is 0 Å². The van der Waals surface area contributed by atoms with Crippen LogP contribution in [0.5, 0.6) is 0 Å². The van der Waals surface area contributed by atoms with Gasteiger partial charge in [0.2, 0.25) is 0 Å². The first-order chi connectivity index (χ1) is 14.8. The van der Waals surface area contributed by atoms with Gasteiger partial charge in [0.15, 0.2) is 0 Å². The quantitative estimate of drug-likeness (QED) is 0.399. The summed E-state index contributed by atoms with van der Waals surface area (Å²) in [4.78, 5) is 24.5. The zero-order chi connectivity index (χ0) is 22.3. The number of esters is 1. The number of rotatable bonds is 6. The molecule has 166 valence electrons. The van der Waals surface area contributed by atoms with Crippen LogP contribution in [-0.2, 0) is 20.7 Å². The number of ether oxygens (including phenoxy) is 1. The molecule has 1 heterocycles. The predicted octanol–water partition coefficient (Wildman–Crippen LogP) is 1.30. The molecule has 4 rings (SSSR count). The molecular formula is C24H29NO6. The van der Waals surface area contributed by atoms with Crippen molar-refractivity contribution in [2.45, 2.75) is 43.6 Å². The largest absolute Gasteiger partial charge is 0.480 e. The SMILES string of the molecule is C=C1[C@@H]2[C@H]3OC(=O)[C@@H](CN[C@@H](Cc4ccccc4)C(=O)O)[C@@H]3[C@@H](O)CC(=C)[C@@H]2C[C@@H]1O. The number of fused-ring (bicyclic) bond motifs is 3. The number of carbonyl (C=O) groups is 2. The first kappa shape index (κ1) is 21.7. The minimum atomic E-state index is -1.01. The van der Waals surface area contributed by atoms with E-state index in [1.165, 1.54) is 0 Å². The van der Waals surface area contributed by atoms with E-state index in [4.69, 9.17) is 4.74 Å². The summed E-state index contributed by atoms with van der Waals surface area (Å²) in [6, 6.07) is 8.40. The van der Waals surface area contributed by atoms with Crippen LogP contribution in [0.2, 0.25) is 0 Å². The molecule has 4 N–H and O–H groups in total. The van der Waals surface area contributed by atoms with Crippen LogP contribution in [0.3, 0.4) is 0 Å². The Morgan fingerprint density at radius 2 is 1.94 bits per heavy atom. The molecule has 3 fully saturated rings. The van der Waals surface area contributed by atoms with Gasteiger partial charge in [-0.05, 0) is 36.3 Å². The van der Waals surface area contributed by atoms with Crippen molar-refractivity contribution in [3.05, 3.63) is 60.2 Å². The van der Waals surface area contributed by atoms with Crippen molar-refractivity contribution >= 4 is 11.9 Å². The van der Waals surface area contributed by atoms with Gasteiger partial charge in [0.1, 0.15) is 12.1 Å². The summed E-state index contributed by atoms with van der Waals surface area (Å²) < 4.78 is 5.72. The molecule has 2 saturated carbocycles. The molecule has 2 aliphatic carbocycles. The molecule has 0 spiro atoms. The smallest absolute Gasteiger partial charge is 0.321 e. The topological polar surface area (TPSA) is 116 Å². The first-order valence-electron chi connectivity index (χ1n) is 10.7. The number of aliphatic hydroxyl groups is 2. The summed E-state index contributed by atoms with van der Waals surface area (Å²) in [7, 11) is 0. The summed E-state index contributed by atoms with van der Waals surface area (Å²) >= 11 is 0. The van der Waals surface area contributed by atoms with E-state index in [1.54, 1.807) is 0 Å².